The molecule has 3 atom stereocenters. The number of hydrogen-bond donors (Lipinski definition) is 6. The number of aromatic carboxylic acids is 1. The minimum Gasteiger partial charge on any atom is -0.506 e. The largest absolute Gasteiger partial charge is 0.506 e. The highest BCUT2D eigenvalue weighted by Gasteiger charge is 2.37. The van der Waals surface area contributed by atoms with Crippen LogP contribution in [-0.4, -0.2) is 76.1 Å². The zero-order chi connectivity index (χ0) is 34.3. The number of phenolic OH excluding ortho intramolecular Hbond substituents is 1. The second-order valence-corrected chi connectivity index (χ2v) is 13.2. The van der Waals surface area contributed by atoms with E-state index in [9.17, 15) is 29.7 Å². The van der Waals surface area contributed by atoms with Gasteiger partial charge in [0.15, 0.2) is 0 Å². The first kappa shape index (κ1) is 34.2. The molecule has 1 aromatic heterocycles. The summed E-state index contributed by atoms with van der Waals surface area (Å²) in [5.74, 6) is -0.701. The van der Waals surface area contributed by atoms with Crippen molar-refractivity contribution in [3.8, 4) is 5.75 Å². The number of aryl methyl sites for hydroxylation is 1. The van der Waals surface area contributed by atoms with Crippen molar-refractivity contribution in [1.29, 1.82) is 0 Å². The van der Waals surface area contributed by atoms with Gasteiger partial charge in [0.25, 0.3) is 0 Å². The number of ether oxygens (including phenoxy) is 1. The number of phenols is 1. The Bertz CT molecular complexity index is 1820. The van der Waals surface area contributed by atoms with Crippen LogP contribution in [0.3, 0.4) is 0 Å². The number of alkyl carbamates (subject to hydrolysis) is 1. The number of aliphatic hydroxyl groups is 1. The Hall–Kier alpha value is -4.71. The number of H-pyrrole nitrogens is 1. The predicted molar refractivity (Wildman–Crippen MR) is 186 cm³/mol. The number of aromatic hydroxyl groups is 1. The zero-order valence-electron chi connectivity index (χ0n) is 27.4. The highest BCUT2D eigenvalue weighted by Crippen LogP contribution is 2.31. The minimum absolute atomic E-state index is 0.0494. The number of carboxylic acids is 1. The average Bonchev–Trinajstić information content (AvgIpc) is 3.11. The van der Waals surface area contributed by atoms with E-state index >= 15 is 0 Å². The van der Waals surface area contributed by atoms with Crippen LogP contribution in [-0.2, 0) is 11.2 Å². The number of rotatable bonds is 14. The number of carbonyl (C=O) groups is 2. The Morgan fingerprint density at radius 2 is 1.76 bits per heavy atom. The summed E-state index contributed by atoms with van der Waals surface area (Å²) in [5.41, 5.74) is 3.16. The Labute approximate surface area is 284 Å². The maximum atomic E-state index is 13.2. The summed E-state index contributed by atoms with van der Waals surface area (Å²) in [6.45, 7) is 3.83. The molecule has 11 nitrogen and oxygen atoms in total. The molecule has 7 rings (SSSR count). The number of aromatic nitrogens is 1. The summed E-state index contributed by atoms with van der Waals surface area (Å²) in [7, 11) is 0. The van der Waals surface area contributed by atoms with E-state index in [-0.39, 0.29) is 23.0 Å². The van der Waals surface area contributed by atoms with Crippen LogP contribution >= 0.6 is 0 Å². The molecule has 11 heteroatoms. The third-order valence-electron chi connectivity index (χ3n) is 9.77. The molecular weight excluding hydrogens is 624 g/mol. The molecule has 258 valence electrons. The number of piperidine rings is 3. The quantitative estimate of drug-likeness (QED) is 0.103. The molecular formula is C38H44N4O7. The van der Waals surface area contributed by atoms with Crippen LogP contribution < -0.4 is 16.2 Å². The fourth-order valence-electron chi connectivity index (χ4n) is 7.15. The van der Waals surface area contributed by atoms with Crippen LogP contribution in [0.15, 0.2) is 77.6 Å². The number of unbranched alkanes of at least 4 members (excludes halogenated alkanes) is 2. The van der Waals surface area contributed by atoms with Crippen molar-refractivity contribution in [3.63, 3.8) is 0 Å². The third kappa shape index (κ3) is 8.48. The van der Waals surface area contributed by atoms with Crippen molar-refractivity contribution in [1.82, 2.24) is 20.5 Å². The van der Waals surface area contributed by atoms with E-state index < -0.39 is 24.2 Å². The van der Waals surface area contributed by atoms with Gasteiger partial charge in [-0.3, -0.25) is 9.69 Å². The van der Waals surface area contributed by atoms with Crippen molar-refractivity contribution in [3.05, 3.63) is 111 Å². The number of hydrogen-bond acceptors (Lipinski definition) is 8. The fraction of sp³-hybridized carbons (Fsp3) is 0.395. The smallest absolute Gasteiger partial charge is 0.408 e. The molecule has 49 heavy (non-hydrogen) atoms. The molecule has 1 unspecified atom stereocenters. The van der Waals surface area contributed by atoms with Gasteiger partial charge in [-0.1, -0.05) is 48.9 Å². The second-order valence-electron chi connectivity index (χ2n) is 13.2. The standard InChI is InChI=1S/C38H44N4O7/c43-31-12-10-29(30-11-13-34(45)40-36(30)31)32(44)22-39-16-6-2-3-7-24-19-27(21-28(20-24)37(46)47)35(26-8-4-1-5-9-26)41-38(48)49-33-23-42-17-14-25(33)15-18-42/h1,4-5,8-13,19-21,25,32-33,35,39,43-44H,2-3,6-7,14-18,22-23H2,(H,40,45)(H,41,48)(H,46,47)/t32-,33-,35?/m0/s1. The van der Waals surface area contributed by atoms with Crippen LogP contribution in [0.25, 0.3) is 10.9 Å². The van der Waals surface area contributed by atoms with Crippen molar-refractivity contribution >= 4 is 23.0 Å². The van der Waals surface area contributed by atoms with Crippen molar-refractivity contribution in [2.75, 3.05) is 32.7 Å². The SMILES string of the molecule is O=C(NC(c1ccccc1)c1cc(CCCCCNC[C@H](O)c2ccc(O)c3[nH]c(=O)ccc23)cc(C(=O)O)c1)O[C@H]1CN2CCC1CC2. The molecule has 2 bridgehead atoms. The minimum atomic E-state index is -1.03. The molecule has 3 fully saturated rings. The van der Waals surface area contributed by atoms with E-state index in [1.165, 1.54) is 12.1 Å². The number of amides is 1. The Kier molecular flexibility index (Phi) is 10.9. The summed E-state index contributed by atoms with van der Waals surface area (Å²) < 4.78 is 5.93. The van der Waals surface area contributed by atoms with Gasteiger partial charge in [0.1, 0.15) is 11.9 Å². The lowest BCUT2D eigenvalue weighted by Gasteiger charge is -2.43. The van der Waals surface area contributed by atoms with E-state index in [4.69, 9.17) is 4.74 Å². The second kappa shape index (κ2) is 15.7. The molecule has 3 aliphatic heterocycles. The van der Waals surface area contributed by atoms with Gasteiger partial charge >= 0.3 is 12.1 Å². The maximum absolute atomic E-state index is 13.2. The van der Waals surface area contributed by atoms with E-state index in [2.05, 4.69) is 20.5 Å². The van der Waals surface area contributed by atoms with E-state index in [0.717, 1.165) is 62.9 Å². The predicted octanol–water partition coefficient (Wildman–Crippen LogP) is 4.88. The van der Waals surface area contributed by atoms with Crippen LogP contribution in [0.2, 0.25) is 0 Å². The normalized spacial score (nSPS) is 19.7. The van der Waals surface area contributed by atoms with E-state index in [0.29, 0.717) is 47.5 Å². The monoisotopic (exact) mass is 668 g/mol. The highest BCUT2D eigenvalue weighted by molar-refractivity contribution is 5.88. The molecule has 0 aliphatic carbocycles. The molecule has 4 aromatic rings. The number of pyridine rings is 1. The average molecular weight is 669 g/mol. The van der Waals surface area contributed by atoms with Gasteiger partial charge in [-0.25, -0.2) is 9.59 Å². The lowest BCUT2D eigenvalue weighted by Crippen LogP contribution is -2.52. The lowest BCUT2D eigenvalue weighted by molar-refractivity contribution is -0.0336. The molecule has 0 saturated carbocycles. The van der Waals surface area contributed by atoms with Gasteiger partial charge in [-0.2, -0.15) is 0 Å². The number of benzene rings is 3. The van der Waals surface area contributed by atoms with Gasteiger partial charge in [-0.05, 0) is 104 Å². The van der Waals surface area contributed by atoms with Gasteiger partial charge in [0.2, 0.25) is 5.56 Å². The number of nitrogens with one attached hydrogen (secondary N) is 3. The zero-order valence-corrected chi connectivity index (χ0v) is 27.4. The summed E-state index contributed by atoms with van der Waals surface area (Å²) in [6, 6.07) is 20.3. The lowest BCUT2D eigenvalue weighted by atomic mass is 9.86. The number of aliphatic hydroxyl groups excluding tert-OH is 1. The van der Waals surface area contributed by atoms with Crippen LogP contribution in [0, 0.1) is 5.92 Å². The van der Waals surface area contributed by atoms with Gasteiger partial charge in [0.05, 0.1) is 23.2 Å². The molecule has 0 spiro atoms. The number of fused-ring (bicyclic) bond motifs is 4. The van der Waals surface area contributed by atoms with Crippen molar-refractivity contribution in [2.45, 2.75) is 56.8 Å². The fourth-order valence-corrected chi connectivity index (χ4v) is 7.15. The first-order valence-electron chi connectivity index (χ1n) is 17.1. The summed E-state index contributed by atoms with van der Waals surface area (Å²) in [5, 5.41) is 37.8. The molecule has 3 aliphatic rings. The summed E-state index contributed by atoms with van der Waals surface area (Å²) in [6.07, 6.45) is 3.82. The summed E-state index contributed by atoms with van der Waals surface area (Å²) >= 11 is 0. The number of aromatic amines is 1. The first-order chi connectivity index (χ1) is 23.7. The Morgan fingerprint density at radius 3 is 2.49 bits per heavy atom. The highest BCUT2D eigenvalue weighted by atomic mass is 16.6. The third-order valence-corrected chi connectivity index (χ3v) is 9.77. The van der Waals surface area contributed by atoms with Gasteiger partial charge < -0.3 is 35.7 Å². The van der Waals surface area contributed by atoms with Crippen molar-refractivity contribution in [2.24, 2.45) is 5.92 Å². The molecule has 3 saturated heterocycles. The molecule has 0 radical (unpaired) electrons. The Morgan fingerprint density at radius 1 is 0.959 bits per heavy atom. The molecule has 1 amide bonds. The number of nitrogens with zero attached hydrogens (tertiary/aromatic N) is 1. The van der Waals surface area contributed by atoms with E-state index in [1.54, 1.807) is 24.3 Å². The molecule has 6 N–H and O–H groups in total. The van der Waals surface area contributed by atoms with E-state index in [1.807, 2.05) is 36.4 Å². The van der Waals surface area contributed by atoms with Crippen molar-refractivity contribution < 1.29 is 29.6 Å². The van der Waals surface area contributed by atoms with Gasteiger partial charge in [0, 0.05) is 24.5 Å². The molecule has 3 aromatic carbocycles. The van der Waals surface area contributed by atoms with Crippen LogP contribution in [0.4, 0.5) is 4.79 Å². The Balaban J connectivity index is 1.05. The molecule has 4 heterocycles. The van der Waals surface area contributed by atoms with Gasteiger partial charge in [-0.15, -0.1) is 0 Å². The first-order valence-corrected chi connectivity index (χ1v) is 17.1. The van der Waals surface area contributed by atoms with Crippen LogP contribution in [0.1, 0.15) is 76.9 Å². The summed E-state index contributed by atoms with van der Waals surface area (Å²) in [4.78, 5) is 42.0. The maximum Gasteiger partial charge on any atom is 0.408 e. The van der Waals surface area contributed by atoms with Crippen LogP contribution in [0.5, 0.6) is 5.75 Å². The number of carboxylic acid groups (broad SMARTS) is 1. The topological polar surface area (TPSA) is 164 Å². The number of carbonyl (C=O) groups excluding carboxylic acids is 1.